The van der Waals surface area contributed by atoms with Gasteiger partial charge in [0.15, 0.2) is 11.4 Å². The predicted octanol–water partition coefficient (Wildman–Crippen LogP) is 2.10. The van der Waals surface area contributed by atoms with Gasteiger partial charge in [-0.15, -0.1) is 0 Å². The lowest BCUT2D eigenvalue weighted by atomic mass is 10.1. The summed E-state index contributed by atoms with van der Waals surface area (Å²) >= 11 is 0. The van der Waals surface area contributed by atoms with Crippen molar-refractivity contribution in [1.29, 1.82) is 0 Å². The van der Waals surface area contributed by atoms with E-state index in [0.717, 1.165) is 37.6 Å². The molecule has 154 valence electrons. The summed E-state index contributed by atoms with van der Waals surface area (Å²) in [5.41, 5.74) is 0.529. The summed E-state index contributed by atoms with van der Waals surface area (Å²) in [6, 6.07) is 3.94. The molecule has 0 bridgehead atoms. The number of aromatic nitrogens is 1. The van der Waals surface area contributed by atoms with Gasteiger partial charge in [-0.1, -0.05) is 0 Å². The van der Waals surface area contributed by atoms with Gasteiger partial charge >= 0.3 is 11.9 Å². The largest absolute Gasteiger partial charge is 0.493 e. The van der Waals surface area contributed by atoms with E-state index in [4.69, 9.17) is 9.47 Å². The zero-order valence-corrected chi connectivity index (χ0v) is 14.9. The molecule has 0 spiro atoms. The van der Waals surface area contributed by atoms with Crippen molar-refractivity contribution in [3.63, 3.8) is 0 Å². The molecule has 2 amide bonds. The molecular weight excluding hydrogens is 401 g/mol. The molecule has 2 rings (SSSR count). The Hall–Kier alpha value is -3.90. The molecule has 0 atom stereocenters. The first kappa shape index (κ1) is 21.4. The average molecular weight is 414 g/mol. The minimum absolute atomic E-state index is 0.134. The van der Waals surface area contributed by atoms with Crippen LogP contribution in [0.25, 0.3) is 0 Å². The van der Waals surface area contributed by atoms with Crippen LogP contribution in [0.5, 0.6) is 11.5 Å². The number of benzene rings is 1. The van der Waals surface area contributed by atoms with Crippen LogP contribution in [0.1, 0.15) is 26.4 Å². The Labute approximate surface area is 160 Å². The molecule has 0 saturated heterocycles. The number of nitrogens with zero attached hydrogens (tertiary/aromatic N) is 2. The summed E-state index contributed by atoms with van der Waals surface area (Å²) in [7, 11) is 2.35. The third kappa shape index (κ3) is 4.69. The van der Waals surface area contributed by atoms with Crippen molar-refractivity contribution in [2.24, 2.45) is 0 Å². The van der Waals surface area contributed by atoms with E-state index in [0.29, 0.717) is 0 Å². The molecule has 1 aromatic heterocycles. The molecule has 1 heterocycles. The van der Waals surface area contributed by atoms with Crippen molar-refractivity contribution in [3.8, 4) is 11.5 Å². The standard InChI is InChI=1S/C16H13F3N4O6/c1-28-11-7-8(6-10(23(26)27)12(11)29-2)14(24)21-22-15(25)9-4-3-5-20-13(9)16(17,18)19/h3-7H,1-2H3,(H,21,24)(H,22,25). The van der Waals surface area contributed by atoms with Crippen LogP contribution in [0.3, 0.4) is 0 Å². The number of nitro benzene ring substituents is 1. The predicted molar refractivity (Wildman–Crippen MR) is 90.4 cm³/mol. The van der Waals surface area contributed by atoms with Gasteiger partial charge in [0.1, 0.15) is 0 Å². The number of alkyl halides is 3. The Morgan fingerprint density at radius 1 is 1.14 bits per heavy atom. The second-order valence-electron chi connectivity index (χ2n) is 5.29. The van der Waals surface area contributed by atoms with Gasteiger partial charge in [0.2, 0.25) is 5.75 Å². The molecular formula is C16H13F3N4O6. The highest BCUT2D eigenvalue weighted by atomic mass is 19.4. The van der Waals surface area contributed by atoms with Gasteiger partial charge in [-0.05, 0) is 18.2 Å². The zero-order valence-electron chi connectivity index (χ0n) is 14.9. The number of ether oxygens (including phenoxy) is 2. The lowest BCUT2D eigenvalue weighted by Crippen LogP contribution is -2.42. The second kappa shape index (κ2) is 8.41. The van der Waals surface area contributed by atoms with E-state index >= 15 is 0 Å². The summed E-state index contributed by atoms with van der Waals surface area (Å²) in [6.07, 6.45) is -4.02. The molecule has 10 nitrogen and oxygen atoms in total. The van der Waals surface area contributed by atoms with Gasteiger partial charge in [0, 0.05) is 12.3 Å². The SMILES string of the molecule is COc1cc(C(=O)NNC(=O)c2cccnc2C(F)(F)F)cc([N+](=O)[O-])c1OC. The van der Waals surface area contributed by atoms with Gasteiger partial charge in [-0.2, -0.15) is 13.2 Å². The van der Waals surface area contributed by atoms with E-state index in [1.165, 1.54) is 7.11 Å². The van der Waals surface area contributed by atoms with Gasteiger partial charge in [0.25, 0.3) is 11.8 Å². The molecule has 29 heavy (non-hydrogen) atoms. The number of halogens is 3. The first-order valence-corrected chi connectivity index (χ1v) is 7.63. The van der Waals surface area contributed by atoms with E-state index in [1.807, 2.05) is 5.43 Å². The molecule has 0 saturated carbocycles. The monoisotopic (exact) mass is 414 g/mol. The van der Waals surface area contributed by atoms with Gasteiger partial charge in [0.05, 0.1) is 30.3 Å². The Morgan fingerprint density at radius 3 is 2.34 bits per heavy atom. The van der Waals surface area contributed by atoms with E-state index < -0.39 is 39.9 Å². The minimum Gasteiger partial charge on any atom is -0.493 e. The van der Waals surface area contributed by atoms with Crippen molar-refractivity contribution in [2.45, 2.75) is 6.18 Å². The average Bonchev–Trinajstić information content (AvgIpc) is 2.69. The maximum Gasteiger partial charge on any atom is 0.434 e. The van der Waals surface area contributed by atoms with Crippen LogP contribution in [-0.2, 0) is 6.18 Å². The Kier molecular flexibility index (Phi) is 6.21. The smallest absolute Gasteiger partial charge is 0.434 e. The third-order valence-electron chi connectivity index (χ3n) is 3.53. The maximum absolute atomic E-state index is 12.9. The molecule has 0 fully saturated rings. The van der Waals surface area contributed by atoms with E-state index in [9.17, 15) is 32.9 Å². The van der Waals surface area contributed by atoms with Crippen LogP contribution in [0.4, 0.5) is 18.9 Å². The Balaban J connectivity index is 2.25. The second-order valence-corrected chi connectivity index (χ2v) is 5.29. The van der Waals surface area contributed by atoms with Crippen LogP contribution in [-0.4, -0.2) is 35.9 Å². The highest BCUT2D eigenvalue weighted by Gasteiger charge is 2.37. The normalized spacial score (nSPS) is 10.8. The molecule has 2 N–H and O–H groups in total. The van der Waals surface area contributed by atoms with Crippen molar-refractivity contribution in [2.75, 3.05) is 14.2 Å². The fourth-order valence-electron chi connectivity index (χ4n) is 2.28. The van der Waals surface area contributed by atoms with Crippen LogP contribution in [0, 0.1) is 10.1 Å². The van der Waals surface area contributed by atoms with Crippen molar-refractivity contribution in [1.82, 2.24) is 15.8 Å². The fraction of sp³-hybridized carbons (Fsp3) is 0.188. The number of carbonyl (C=O) groups is 2. The number of carbonyl (C=O) groups excluding carboxylic acids is 2. The minimum atomic E-state index is -4.89. The number of hydrogen-bond acceptors (Lipinski definition) is 7. The number of methoxy groups -OCH3 is 2. The number of amides is 2. The summed E-state index contributed by atoms with van der Waals surface area (Å²) < 4.78 is 48.6. The quantitative estimate of drug-likeness (QED) is 0.565. The Bertz CT molecular complexity index is 964. The van der Waals surface area contributed by atoms with E-state index in [-0.39, 0.29) is 17.1 Å². The summed E-state index contributed by atoms with van der Waals surface area (Å²) in [6.45, 7) is 0. The van der Waals surface area contributed by atoms with Crippen LogP contribution < -0.4 is 20.3 Å². The number of nitro groups is 1. The van der Waals surface area contributed by atoms with Crippen molar-refractivity contribution in [3.05, 3.63) is 57.4 Å². The lowest BCUT2D eigenvalue weighted by molar-refractivity contribution is -0.385. The summed E-state index contributed by atoms with van der Waals surface area (Å²) in [4.78, 5) is 37.7. The molecule has 0 aliphatic rings. The van der Waals surface area contributed by atoms with Gasteiger partial charge in [-0.3, -0.25) is 35.5 Å². The topological polar surface area (TPSA) is 133 Å². The first-order chi connectivity index (χ1) is 13.6. The Morgan fingerprint density at radius 2 is 1.79 bits per heavy atom. The molecule has 2 aromatic rings. The molecule has 0 radical (unpaired) electrons. The highest BCUT2D eigenvalue weighted by molar-refractivity contribution is 6.00. The summed E-state index contributed by atoms with van der Waals surface area (Å²) in [5.74, 6) is -2.69. The first-order valence-electron chi connectivity index (χ1n) is 7.63. The maximum atomic E-state index is 12.9. The van der Waals surface area contributed by atoms with Crippen LogP contribution in [0.2, 0.25) is 0 Å². The lowest BCUT2D eigenvalue weighted by Gasteiger charge is -2.13. The zero-order chi connectivity index (χ0) is 21.8. The molecule has 13 heteroatoms. The number of rotatable bonds is 5. The van der Waals surface area contributed by atoms with E-state index in [2.05, 4.69) is 4.98 Å². The molecule has 1 aromatic carbocycles. The molecule has 0 aliphatic carbocycles. The number of pyridine rings is 1. The molecule has 0 unspecified atom stereocenters. The van der Waals surface area contributed by atoms with Crippen molar-refractivity contribution >= 4 is 17.5 Å². The third-order valence-corrected chi connectivity index (χ3v) is 3.53. The van der Waals surface area contributed by atoms with Crippen LogP contribution >= 0.6 is 0 Å². The number of hydrazine groups is 1. The van der Waals surface area contributed by atoms with Gasteiger partial charge < -0.3 is 9.47 Å². The van der Waals surface area contributed by atoms with Crippen LogP contribution in [0.15, 0.2) is 30.5 Å². The highest BCUT2D eigenvalue weighted by Crippen LogP contribution is 2.37. The van der Waals surface area contributed by atoms with Gasteiger partial charge in [-0.25, -0.2) is 0 Å². The molecule has 0 aliphatic heterocycles. The van der Waals surface area contributed by atoms with E-state index in [1.54, 1.807) is 5.43 Å². The summed E-state index contributed by atoms with van der Waals surface area (Å²) in [5, 5.41) is 11.2. The number of nitrogens with one attached hydrogen (secondary N) is 2. The van der Waals surface area contributed by atoms with Crippen molar-refractivity contribution < 1.29 is 37.2 Å². The fourth-order valence-corrected chi connectivity index (χ4v) is 2.28. The number of hydrogen-bond donors (Lipinski definition) is 2.